The van der Waals surface area contributed by atoms with Crippen molar-refractivity contribution in [3.05, 3.63) is 35.5 Å². The number of carbonyl (C=O) groups is 1. The van der Waals surface area contributed by atoms with Crippen LogP contribution in [0.5, 0.6) is 0 Å². The van der Waals surface area contributed by atoms with Gasteiger partial charge in [0.15, 0.2) is 0 Å². The Morgan fingerprint density at radius 3 is 2.71 bits per heavy atom. The van der Waals surface area contributed by atoms with E-state index in [0.29, 0.717) is 5.92 Å². The van der Waals surface area contributed by atoms with Crippen LogP contribution in [0.4, 0.5) is 0 Å². The number of benzene rings is 1. The highest BCUT2D eigenvalue weighted by Crippen LogP contribution is 2.44. The van der Waals surface area contributed by atoms with Crippen molar-refractivity contribution >= 4 is 16.9 Å². The zero-order chi connectivity index (χ0) is 16.7. The largest absolute Gasteiger partial charge is 0.468 e. The van der Waals surface area contributed by atoms with Crippen molar-refractivity contribution < 1.29 is 9.53 Å². The molecule has 1 aromatic heterocycles. The van der Waals surface area contributed by atoms with Gasteiger partial charge in [0.25, 0.3) is 0 Å². The number of fused-ring (bicyclic) bond motifs is 3. The zero-order valence-electron chi connectivity index (χ0n) is 14.5. The molecule has 0 bridgehead atoms. The highest BCUT2D eigenvalue weighted by Gasteiger charge is 2.42. The van der Waals surface area contributed by atoms with Crippen molar-refractivity contribution in [3.63, 3.8) is 0 Å². The molecular weight excluding hydrogens is 300 g/mol. The number of aromatic nitrogens is 1. The summed E-state index contributed by atoms with van der Waals surface area (Å²) in [5.74, 6) is 0.497. The summed E-state index contributed by atoms with van der Waals surface area (Å²) in [7, 11) is 3.59. The molecular formula is C20H26N2O2. The predicted molar refractivity (Wildman–Crippen MR) is 94.9 cm³/mol. The average Bonchev–Trinajstić information content (AvgIpc) is 2.99. The molecule has 1 aliphatic carbocycles. The van der Waals surface area contributed by atoms with Gasteiger partial charge in [0.2, 0.25) is 0 Å². The first-order chi connectivity index (χ1) is 11.7. The quantitative estimate of drug-likeness (QED) is 0.853. The Balaban J connectivity index is 1.83. The first-order valence-corrected chi connectivity index (χ1v) is 9.10. The van der Waals surface area contributed by atoms with Gasteiger partial charge in [-0.25, -0.2) is 0 Å². The lowest BCUT2D eigenvalue weighted by Crippen LogP contribution is -2.48. The van der Waals surface area contributed by atoms with Crippen LogP contribution in [0, 0.1) is 5.92 Å². The molecule has 1 N–H and O–H groups in total. The number of nitrogens with one attached hydrogen (secondary N) is 1. The Kier molecular flexibility index (Phi) is 4.09. The molecule has 4 nitrogen and oxygen atoms in total. The van der Waals surface area contributed by atoms with E-state index >= 15 is 0 Å². The molecule has 0 amide bonds. The SMILES string of the molecule is COC(=O)[C@@H]1Cc2c([nH]c3ccccc23)[C@H](C2CCCCC2)N1C. The van der Waals surface area contributed by atoms with E-state index in [-0.39, 0.29) is 18.1 Å². The lowest BCUT2D eigenvalue weighted by molar-refractivity contribution is -0.148. The van der Waals surface area contributed by atoms with Crippen molar-refractivity contribution in [1.29, 1.82) is 0 Å². The molecule has 1 aliphatic heterocycles. The number of H-pyrrole nitrogens is 1. The van der Waals surface area contributed by atoms with Crippen molar-refractivity contribution in [3.8, 4) is 0 Å². The summed E-state index contributed by atoms with van der Waals surface area (Å²) in [5.41, 5.74) is 3.82. The van der Waals surface area contributed by atoms with E-state index in [9.17, 15) is 4.79 Å². The number of esters is 1. The molecule has 0 saturated heterocycles. The van der Waals surface area contributed by atoms with Crippen LogP contribution in [0.1, 0.15) is 49.4 Å². The maximum Gasteiger partial charge on any atom is 0.323 e. The molecule has 4 heteroatoms. The van der Waals surface area contributed by atoms with Crippen LogP contribution in [-0.4, -0.2) is 36.1 Å². The summed E-state index contributed by atoms with van der Waals surface area (Å²) in [6, 6.07) is 8.55. The minimum atomic E-state index is -0.186. The van der Waals surface area contributed by atoms with Crippen molar-refractivity contribution in [2.75, 3.05) is 14.2 Å². The minimum absolute atomic E-state index is 0.116. The fourth-order valence-electron chi connectivity index (χ4n) is 4.83. The summed E-state index contributed by atoms with van der Waals surface area (Å²) >= 11 is 0. The van der Waals surface area contributed by atoms with Crippen LogP contribution < -0.4 is 0 Å². The maximum atomic E-state index is 12.4. The Labute approximate surface area is 143 Å². The van der Waals surface area contributed by atoms with Crippen LogP contribution in [0.15, 0.2) is 24.3 Å². The number of nitrogens with zero attached hydrogens (tertiary/aromatic N) is 1. The van der Waals surface area contributed by atoms with Gasteiger partial charge in [0.1, 0.15) is 6.04 Å². The number of para-hydroxylation sites is 1. The molecule has 2 heterocycles. The third-order valence-corrected chi connectivity index (χ3v) is 6.04. The predicted octanol–water partition coefficient (Wildman–Crippen LogP) is 3.82. The molecule has 1 fully saturated rings. The molecule has 24 heavy (non-hydrogen) atoms. The monoisotopic (exact) mass is 326 g/mol. The maximum absolute atomic E-state index is 12.4. The Bertz CT molecular complexity index is 745. The first kappa shape index (κ1) is 15.7. The highest BCUT2D eigenvalue weighted by molar-refractivity contribution is 5.87. The lowest BCUT2D eigenvalue weighted by atomic mass is 9.78. The number of methoxy groups -OCH3 is 1. The molecule has 2 aliphatic rings. The van der Waals surface area contributed by atoms with Gasteiger partial charge >= 0.3 is 5.97 Å². The van der Waals surface area contributed by atoms with Crippen LogP contribution >= 0.6 is 0 Å². The summed E-state index contributed by atoms with van der Waals surface area (Å²) in [5, 5.41) is 1.26. The third kappa shape index (κ3) is 2.44. The van der Waals surface area contributed by atoms with Gasteiger partial charge in [0, 0.05) is 23.0 Å². The Morgan fingerprint density at radius 2 is 1.96 bits per heavy atom. The van der Waals surface area contributed by atoms with Gasteiger partial charge in [-0.15, -0.1) is 0 Å². The second kappa shape index (κ2) is 6.25. The summed E-state index contributed by atoms with van der Waals surface area (Å²) in [4.78, 5) is 18.3. The second-order valence-electron chi connectivity index (χ2n) is 7.31. The van der Waals surface area contributed by atoms with E-state index in [4.69, 9.17) is 4.74 Å². The van der Waals surface area contributed by atoms with Gasteiger partial charge in [-0.2, -0.15) is 0 Å². The molecule has 128 valence electrons. The molecule has 2 atom stereocenters. The molecule has 1 saturated carbocycles. The number of carbonyl (C=O) groups excluding carboxylic acids is 1. The molecule has 2 aromatic rings. The summed E-state index contributed by atoms with van der Waals surface area (Å²) in [6.07, 6.45) is 7.16. The van der Waals surface area contributed by atoms with Gasteiger partial charge in [0.05, 0.1) is 13.2 Å². The van der Waals surface area contributed by atoms with Crippen molar-refractivity contribution in [2.45, 2.75) is 50.6 Å². The van der Waals surface area contributed by atoms with E-state index in [1.165, 1.54) is 61.4 Å². The average molecular weight is 326 g/mol. The molecule has 0 unspecified atom stereocenters. The number of likely N-dealkylation sites (N-methyl/N-ethyl adjacent to an activating group) is 1. The van der Waals surface area contributed by atoms with Crippen LogP contribution in [-0.2, 0) is 16.0 Å². The smallest absolute Gasteiger partial charge is 0.323 e. The van der Waals surface area contributed by atoms with Gasteiger partial charge < -0.3 is 9.72 Å². The number of hydrogen-bond donors (Lipinski definition) is 1. The fraction of sp³-hybridized carbons (Fsp3) is 0.550. The second-order valence-corrected chi connectivity index (χ2v) is 7.31. The fourth-order valence-corrected chi connectivity index (χ4v) is 4.83. The molecule has 4 rings (SSSR count). The molecule has 0 radical (unpaired) electrons. The first-order valence-electron chi connectivity index (χ1n) is 9.10. The van der Waals surface area contributed by atoms with Crippen LogP contribution in [0.3, 0.4) is 0 Å². The van der Waals surface area contributed by atoms with E-state index in [1.54, 1.807) is 0 Å². The van der Waals surface area contributed by atoms with E-state index in [2.05, 4.69) is 41.2 Å². The van der Waals surface area contributed by atoms with Crippen LogP contribution in [0.25, 0.3) is 10.9 Å². The number of hydrogen-bond acceptors (Lipinski definition) is 3. The lowest BCUT2D eigenvalue weighted by Gasteiger charge is -2.43. The number of ether oxygens (including phenoxy) is 1. The Morgan fingerprint density at radius 1 is 1.21 bits per heavy atom. The van der Waals surface area contributed by atoms with E-state index < -0.39 is 0 Å². The highest BCUT2D eigenvalue weighted by atomic mass is 16.5. The topological polar surface area (TPSA) is 45.3 Å². The van der Waals surface area contributed by atoms with Crippen LogP contribution in [0.2, 0.25) is 0 Å². The minimum Gasteiger partial charge on any atom is -0.468 e. The van der Waals surface area contributed by atoms with Gasteiger partial charge in [-0.05, 0) is 37.4 Å². The summed E-state index contributed by atoms with van der Waals surface area (Å²) in [6.45, 7) is 0. The standard InChI is InChI=1S/C20H26N2O2/c1-22-17(20(23)24-2)12-15-14-10-6-7-11-16(14)21-18(15)19(22)13-8-4-3-5-9-13/h6-7,10-11,13,17,19,21H,3-5,8-9,12H2,1-2H3/t17-,19-/m0/s1. The molecule has 0 spiro atoms. The van der Waals surface area contributed by atoms with Gasteiger partial charge in [-0.3, -0.25) is 9.69 Å². The number of rotatable bonds is 2. The number of aromatic amines is 1. The van der Waals surface area contributed by atoms with E-state index in [1.807, 2.05) is 0 Å². The van der Waals surface area contributed by atoms with E-state index in [0.717, 1.165) is 6.42 Å². The summed E-state index contributed by atoms with van der Waals surface area (Å²) < 4.78 is 5.11. The zero-order valence-corrected chi connectivity index (χ0v) is 14.5. The van der Waals surface area contributed by atoms with Gasteiger partial charge in [-0.1, -0.05) is 37.5 Å². The molecule has 1 aromatic carbocycles. The Hall–Kier alpha value is -1.81. The van der Waals surface area contributed by atoms with Crippen molar-refractivity contribution in [2.24, 2.45) is 5.92 Å². The normalized spacial score (nSPS) is 25.6. The van der Waals surface area contributed by atoms with Crippen molar-refractivity contribution in [1.82, 2.24) is 9.88 Å². The third-order valence-electron chi connectivity index (χ3n) is 6.04.